The van der Waals surface area contributed by atoms with Gasteiger partial charge in [-0.2, -0.15) is 0 Å². The minimum atomic E-state index is 0.398. The van der Waals surface area contributed by atoms with Crippen LogP contribution in [0.1, 0.15) is 17.2 Å². The molecule has 0 aliphatic carbocycles. The number of hydrogen-bond donors (Lipinski definition) is 1. The molecule has 3 heteroatoms. The average molecular weight is 256 g/mol. The number of pyridine rings is 1. The number of likely N-dealkylation sites (N-methyl/N-ethyl adjacent to an activating group) is 1. The fraction of sp³-hybridized carbons (Fsp3) is 0.312. The minimum Gasteiger partial charge on any atom is -0.495 e. The highest BCUT2D eigenvalue weighted by atomic mass is 16.5. The van der Waals surface area contributed by atoms with E-state index in [0.29, 0.717) is 5.92 Å². The van der Waals surface area contributed by atoms with E-state index >= 15 is 0 Å². The topological polar surface area (TPSA) is 34.2 Å². The summed E-state index contributed by atoms with van der Waals surface area (Å²) < 4.78 is 5.38. The monoisotopic (exact) mass is 256 g/mol. The number of ether oxygens (including phenoxy) is 1. The van der Waals surface area contributed by atoms with E-state index in [2.05, 4.69) is 34.6 Å². The van der Waals surface area contributed by atoms with Gasteiger partial charge in [-0.25, -0.2) is 0 Å². The summed E-state index contributed by atoms with van der Waals surface area (Å²) in [7, 11) is 3.67. The lowest BCUT2D eigenvalue weighted by Gasteiger charge is -2.18. The van der Waals surface area contributed by atoms with Crippen molar-refractivity contribution in [2.75, 3.05) is 20.7 Å². The molecule has 0 aliphatic rings. The summed E-state index contributed by atoms with van der Waals surface area (Å²) in [6, 6.07) is 14.4. The first-order valence-electron chi connectivity index (χ1n) is 6.52. The van der Waals surface area contributed by atoms with Crippen molar-refractivity contribution in [3.8, 4) is 5.75 Å². The van der Waals surface area contributed by atoms with Gasteiger partial charge in [-0.3, -0.25) is 4.98 Å². The summed E-state index contributed by atoms with van der Waals surface area (Å²) in [5, 5.41) is 3.26. The molecule has 19 heavy (non-hydrogen) atoms. The summed E-state index contributed by atoms with van der Waals surface area (Å²) in [6.07, 6.45) is 2.69. The standard InChI is InChI=1S/C16H20N2O/c1-17-12-14(13-7-4-3-5-8-13)11-15-16(19-2)9-6-10-18-15/h3-10,14,17H,11-12H2,1-2H3. The zero-order valence-electron chi connectivity index (χ0n) is 11.5. The predicted octanol–water partition coefficient (Wildman–Crippen LogP) is 2.64. The molecule has 0 spiro atoms. The molecule has 2 rings (SSSR count). The molecule has 0 saturated heterocycles. The second-order valence-corrected chi connectivity index (χ2v) is 4.52. The van der Waals surface area contributed by atoms with Crippen molar-refractivity contribution < 1.29 is 4.74 Å². The van der Waals surface area contributed by atoms with E-state index < -0.39 is 0 Å². The van der Waals surface area contributed by atoms with Crippen LogP contribution >= 0.6 is 0 Å². The molecular weight excluding hydrogens is 236 g/mol. The van der Waals surface area contributed by atoms with Crippen LogP contribution in [0.2, 0.25) is 0 Å². The Morgan fingerprint density at radius 1 is 1.16 bits per heavy atom. The maximum Gasteiger partial charge on any atom is 0.140 e. The zero-order chi connectivity index (χ0) is 13.5. The molecule has 1 unspecified atom stereocenters. The summed E-state index contributed by atoms with van der Waals surface area (Å²) in [6.45, 7) is 0.920. The Morgan fingerprint density at radius 3 is 2.63 bits per heavy atom. The van der Waals surface area contributed by atoms with Gasteiger partial charge in [0.05, 0.1) is 12.8 Å². The van der Waals surface area contributed by atoms with Crippen LogP contribution in [-0.4, -0.2) is 25.7 Å². The molecule has 0 amide bonds. The van der Waals surface area contributed by atoms with Crippen LogP contribution in [0, 0.1) is 0 Å². The van der Waals surface area contributed by atoms with Crippen LogP contribution in [-0.2, 0) is 6.42 Å². The lowest BCUT2D eigenvalue weighted by atomic mass is 9.93. The highest BCUT2D eigenvalue weighted by Crippen LogP contribution is 2.24. The van der Waals surface area contributed by atoms with Gasteiger partial charge in [0.1, 0.15) is 5.75 Å². The Morgan fingerprint density at radius 2 is 1.95 bits per heavy atom. The molecule has 1 aromatic heterocycles. The highest BCUT2D eigenvalue weighted by Gasteiger charge is 2.14. The second-order valence-electron chi connectivity index (χ2n) is 4.52. The van der Waals surface area contributed by atoms with Crippen LogP contribution in [0.15, 0.2) is 48.7 Å². The Bertz CT molecular complexity index is 499. The van der Waals surface area contributed by atoms with Gasteiger partial charge in [0, 0.05) is 25.1 Å². The molecule has 0 aliphatic heterocycles. The maximum atomic E-state index is 5.38. The number of nitrogens with zero attached hydrogens (tertiary/aromatic N) is 1. The lowest BCUT2D eigenvalue weighted by molar-refractivity contribution is 0.404. The Balaban J connectivity index is 2.21. The third kappa shape index (κ3) is 3.55. The van der Waals surface area contributed by atoms with Crippen molar-refractivity contribution >= 4 is 0 Å². The van der Waals surface area contributed by atoms with Crippen molar-refractivity contribution in [1.29, 1.82) is 0 Å². The van der Waals surface area contributed by atoms with E-state index in [0.717, 1.165) is 24.4 Å². The van der Waals surface area contributed by atoms with Gasteiger partial charge in [0.15, 0.2) is 0 Å². The molecule has 1 heterocycles. The van der Waals surface area contributed by atoms with E-state index in [9.17, 15) is 0 Å². The van der Waals surface area contributed by atoms with Crippen LogP contribution in [0.25, 0.3) is 0 Å². The molecule has 0 saturated carbocycles. The summed E-state index contributed by atoms with van der Waals surface area (Å²) >= 11 is 0. The zero-order valence-corrected chi connectivity index (χ0v) is 11.5. The van der Waals surface area contributed by atoms with Gasteiger partial charge in [0.25, 0.3) is 0 Å². The van der Waals surface area contributed by atoms with E-state index in [4.69, 9.17) is 4.74 Å². The van der Waals surface area contributed by atoms with E-state index in [1.54, 1.807) is 7.11 Å². The molecule has 0 bridgehead atoms. The number of hydrogen-bond acceptors (Lipinski definition) is 3. The van der Waals surface area contributed by atoms with Gasteiger partial charge >= 0.3 is 0 Å². The lowest BCUT2D eigenvalue weighted by Crippen LogP contribution is -2.19. The molecule has 0 fully saturated rings. The van der Waals surface area contributed by atoms with Gasteiger partial charge in [0.2, 0.25) is 0 Å². The molecule has 3 nitrogen and oxygen atoms in total. The SMILES string of the molecule is CNCC(Cc1ncccc1OC)c1ccccc1. The summed E-state index contributed by atoms with van der Waals surface area (Å²) in [5.74, 6) is 1.26. The fourth-order valence-corrected chi connectivity index (χ4v) is 2.28. The van der Waals surface area contributed by atoms with Crippen molar-refractivity contribution in [3.63, 3.8) is 0 Å². The van der Waals surface area contributed by atoms with Crippen LogP contribution in [0.3, 0.4) is 0 Å². The van der Waals surface area contributed by atoms with Crippen molar-refractivity contribution in [2.24, 2.45) is 0 Å². The van der Waals surface area contributed by atoms with Crippen molar-refractivity contribution in [1.82, 2.24) is 10.3 Å². The van der Waals surface area contributed by atoms with Crippen molar-refractivity contribution in [2.45, 2.75) is 12.3 Å². The van der Waals surface area contributed by atoms with E-state index in [-0.39, 0.29) is 0 Å². The second kappa shape index (κ2) is 6.90. The Hall–Kier alpha value is -1.87. The number of methoxy groups -OCH3 is 1. The molecule has 2 aromatic rings. The molecule has 1 N–H and O–H groups in total. The predicted molar refractivity (Wildman–Crippen MR) is 77.6 cm³/mol. The number of benzene rings is 1. The quantitative estimate of drug-likeness (QED) is 0.862. The molecule has 0 radical (unpaired) electrons. The highest BCUT2D eigenvalue weighted by molar-refractivity contribution is 5.30. The van der Waals surface area contributed by atoms with Crippen LogP contribution < -0.4 is 10.1 Å². The molecule has 1 aromatic carbocycles. The summed E-state index contributed by atoms with van der Waals surface area (Å²) in [4.78, 5) is 4.44. The first-order valence-corrected chi connectivity index (χ1v) is 6.52. The van der Waals surface area contributed by atoms with Gasteiger partial charge < -0.3 is 10.1 Å². The minimum absolute atomic E-state index is 0.398. The van der Waals surface area contributed by atoms with Crippen LogP contribution in [0.4, 0.5) is 0 Å². The normalized spacial score (nSPS) is 12.1. The van der Waals surface area contributed by atoms with Gasteiger partial charge in [-0.1, -0.05) is 30.3 Å². The molecule has 1 atom stereocenters. The third-order valence-corrected chi connectivity index (χ3v) is 3.23. The number of rotatable bonds is 6. The van der Waals surface area contributed by atoms with Gasteiger partial charge in [-0.15, -0.1) is 0 Å². The number of nitrogens with one attached hydrogen (secondary N) is 1. The summed E-state index contributed by atoms with van der Waals surface area (Å²) in [5.41, 5.74) is 2.33. The van der Waals surface area contributed by atoms with Gasteiger partial charge in [-0.05, 0) is 24.7 Å². The first kappa shape index (κ1) is 13.6. The van der Waals surface area contributed by atoms with Crippen LogP contribution in [0.5, 0.6) is 5.75 Å². The maximum absolute atomic E-state index is 5.38. The number of aromatic nitrogens is 1. The fourth-order valence-electron chi connectivity index (χ4n) is 2.28. The Labute approximate surface area is 114 Å². The average Bonchev–Trinajstić information content (AvgIpc) is 2.48. The molecular formula is C16H20N2O. The first-order chi connectivity index (χ1) is 9.35. The smallest absolute Gasteiger partial charge is 0.140 e. The third-order valence-electron chi connectivity index (χ3n) is 3.23. The largest absolute Gasteiger partial charge is 0.495 e. The Kier molecular flexibility index (Phi) is 4.93. The van der Waals surface area contributed by atoms with E-state index in [1.807, 2.05) is 31.4 Å². The van der Waals surface area contributed by atoms with E-state index in [1.165, 1.54) is 5.56 Å². The molecule has 100 valence electrons. The van der Waals surface area contributed by atoms with Crippen molar-refractivity contribution in [3.05, 3.63) is 59.9 Å².